The second-order valence-electron chi connectivity index (χ2n) is 3.94. The Hall–Kier alpha value is -1.25. The lowest BCUT2D eigenvalue weighted by Crippen LogP contribution is -2.22. The van der Waals surface area contributed by atoms with Gasteiger partial charge >= 0.3 is 0 Å². The fourth-order valence-corrected chi connectivity index (χ4v) is 1.95. The summed E-state index contributed by atoms with van der Waals surface area (Å²) in [5.41, 5.74) is 1.19. The molecule has 2 nitrogen and oxygen atoms in total. The third-order valence-electron chi connectivity index (χ3n) is 2.61. The van der Waals surface area contributed by atoms with Crippen LogP contribution in [0.3, 0.4) is 0 Å². The molecule has 3 heteroatoms. The third-order valence-corrected chi connectivity index (χ3v) is 2.81. The lowest BCUT2D eigenvalue weighted by molar-refractivity contribution is 0.448. The van der Waals surface area contributed by atoms with Crippen LogP contribution in [0.5, 0.6) is 0 Å². The summed E-state index contributed by atoms with van der Waals surface area (Å²) < 4.78 is 5.50. The summed E-state index contributed by atoms with van der Waals surface area (Å²) in [7, 11) is 0. The van der Waals surface area contributed by atoms with Crippen LogP contribution in [-0.4, -0.2) is 6.54 Å². The molecule has 0 radical (unpaired) electrons. The molecule has 0 saturated heterocycles. The maximum Gasteiger partial charge on any atom is 0.193 e. The van der Waals surface area contributed by atoms with E-state index in [1.54, 1.807) is 6.07 Å². The van der Waals surface area contributed by atoms with E-state index in [4.69, 9.17) is 16.0 Å². The monoisotopic (exact) mass is 249 g/mol. The molecule has 1 aromatic carbocycles. The zero-order chi connectivity index (χ0) is 12.1. The van der Waals surface area contributed by atoms with Crippen molar-refractivity contribution in [2.45, 2.75) is 19.4 Å². The van der Waals surface area contributed by atoms with Crippen molar-refractivity contribution < 1.29 is 4.42 Å². The second-order valence-corrected chi connectivity index (χ2v) is 4.31. The van der Waals surface area contributed by atoms with Crippen molar-refractivity contribution in [3.63, 3.8) is 0 Å². The zero-order valence-corrected chi connectivity index (χ0v) is 10.6. The average Bonchev–Trinajstić information content (AvgIpc) is 2.78. The van der Waals surface area contributed by atoms with E-state index in [9.17, 15) is 0 Å². The van der Waals surface area contributed by atoms with Crippen LogP contribution in [-0.2, 0) is 0 Å². The van der Waals surface area contributed by atoms with Gasteiger partial charge in [0.05, 0.1) is 6.04 Å². The number of hydrogen-bond donors (Lipinski definition) is 1. The number of nitrogens with one attached hydrogen (secondary N) is 1. The molecule has 0 saturated carbocycles. The first-order valence-corrected chi connectivity index (χ1v) is 6.22. The molecule has 1 aromatic heterocycles. The summed E-state index contributed by atoms with van der Waals surface area (Å²) >= 11 is 5.83. The fraction of sp³-hybridized carbons (Fsp3) is 0.286. The first-order chi connectivity index (χ1) is 8.31. The molecule has 0 spiro atoms. The van der Waals surface area contributed by atoms with Crippen molar-refractivity contribution >= 4 is 11.6 Å². The standard InChI is InChI=1S/C14H16ClNO/c1-2-10-16-14(11-6-4-3-5-7-11)12-8-9-13(15)17-12/h3-9,14,16H,2,10H2,1H3. The van der Waals surface area contributed by atoms with Gasteiger partial charge in [0.15, 0.2) is 5.22 Å². The molecule has 0 bridgehead atoms. The quantitative estimate of drug-likeness (QED) is 0.866. The maximum atomic E-state index is 5.83. The Kier molecular flexibility index (Phi) is 4.24. The largest absolute Gasteiger partial charge is 0.448 e. The Balaban J connectivity index is 2.25. The predicted molar refractivity (Wildman–Crippen MR) is 70.3 cm³/mol. The molecule has 0 aliphatic heterocycles. The topological polar surface area (TPSA) is 25.2 Å². The molecule has 1 atom stereocenters. The number of halogens is 1. The summed E-state index contributed by atoms with van der Waals surface area (Å²) in [6.07, 6.45) is 1.08. The van der Waals surface area contributed by atoms with E-state index in [1.807, 2.05) is 24.3 Å². The van der Waals surface area contributed by atoms with Crippen LogP contribution in [0.2, 0.25) is 5.22 Å². The molecule has 17 heavy (non-hydrogen) atoms. The Morgan fingerprint density at radius 1 is 1.18 bits per heavy atom. The van der Waals surface area contributed by atoms with Crippen molar-refractivity contribution in [2.24, 2.45) is 0 Å². The molecular formula is C14H16ClNO. The molecule has 0 amide bonds. The van der Waals surface area contributed by atoms with Crippen LogP contribution < -0.4 is 5.32 Å². The van der Waals surface area contributed by atoms with Crippen molar-refractivity contribution in [2.75, 3.05) is 6.54 Å². The minimum Gasteiger partial charge on any atom is -0.448 e. The highest BCUT2D eigenvalue weighted by molar-refractivity contribution is 6.28. The Bertz CT molecular complexity index is 452. The van der Waals surface area contributed by atoms with Crippen molar-refractivity contribution in [3.05, 3.63) is 59.0 Å². The predicted octanol–water partition coefficient (Wildman–Crippen LogP) is 4.02. The summed E-state index contributed by atoms with van der Waals surface area (Å²) in [6, 6.07) is 14.0. The smallest absolute Gasteiger partial charge is 0.193 e. The molecular weight excluding hydrogens is 234 g/mol. The van der Waals surface area contributed by atoms with Crippen LogP contribution >= 0.6 is 11.6 Å². The van der Waals surface area contributed by atoms with E-state index < -0.39 is 0 Å². The van der Waals surface area contributed by atoms with Crippen LogP contribution in [0.25, 0.3) is 0 Å². The molecule has 1 heterocycles. The Morgan fingerprint density at radius 3 is 2.53 bits per heavy atom. The van der Waals surface area contributed by atoms with Gasteiger partial charge in [-0.15, -0.1) is 0 Å². The zero-order valence-electron chi connectivity index (χ0n) is 9.82. The Morgan fingerprint density at radius 2 is 1.94 bits per heavy atom. The highest BCUT2D eigenvalue weighted by Crippen LogP contribution is 2.25. The van der Waals surface area contributed by atoms with Gasteiger partial charge in [0.25, 0.3) is 0 Å². The van der Waals surface area contributed by atoms with Gasteiger partial charge < -0.3 is 9.73 Å². The molecule has 1 N–H and O–H groups in total. The SMILES string of the molecule is CCCNC(c1ccccc1)c1ccc(Cl)o1. The van der Waals surface area contributed by atoms with E-state index in [1.165, 1.54) is 5.56 Å². The van der Waals surface area contributed by atoms with E-state index in [0.29, 0.717) is 5.22 Å². The van der Waals surface area contributed by atoms with Crippen molar-refractivity contribution in [1.29, 1.82) is 0 Å². The maximum absolute atomic E-state index is 5.83. The molecule has 0 aliphatic rings. The number of furan rings is 1. The van der Waals surface area contributed by atoms with Crippen molar-refractivity contribution in [1.82, 2.24) is 5.32 Å². The van der Waals surface area contributed by atoms with Crippen LogP contribution in [0.1, 0.15) is 30.7 Å². The van der Waals surface area contributed by atoms with Gasteiger partial charge in [0, 0.05) is 0 Å². The number of rotatable bonds is 5. The van der Waals surface area contributed by atoms with Gasteiger partial charge in [-0.2, -0.15) is 0 Å². The van der Waals surface area contributed by atoms with Crippen LogP contribution in [0.4, 0.5) is 0 Å². The summed E-state index contributed by atoms with van der Waals surface area (Å²) in [6.45, 7) is 3.09. The van der Waals surface area contributed by atoms with E-state index in [0.717, 1.165) is 18.7 Å². The summed E-state index contributed by atoms with van der Waals surface area (Å²) in [5.74, 6) is 0.856. The van der Waals surface area contributed by atoms with E-state index >= 15 is 0 Å². The van der Waals surface area contributed by atoms with Gasteiger partial charge in [-0.25, -0.2) is 0 Å². The lowest BCUT2D eigenvalue weighted by atomic mass is 10.0. The molecule has 2 aromatic rings. The number of benzene rings is 1. The van der Waals surface area contributed by atoms with Gasteiger partial charge in [-0.1, -0.05) is 37.3 Å². The van der Waals surface area contributed by atoms with Gasteiger partial charge in [-0.3, -0.25) is 0 Å². The van der Waals surface area contributed by atoms with Crippen LogP contribution in [0, 0.1) is 0 Å². The second kappa shape index (κ2) is 5.89. The molecule has 2 rings (SSSR count). The molecule has 1 unspecified atom stereocenters. The Labute approximate surface area is 107 Å². The lowest BCUT2D eigenvalue weighted by Gasteiger charge is -2.16. The van der Waals surface area contributed by atoms with Gasteiger partial charge in [0.1, 0.15) is 5.76 Å². The minimum absolute atomic E-state index is 0.0728. The van der Waals surface area contributed by atoms with E-state index in [-0.39, 0.29) is 6.04 Å². The third kappa shape index (κ3) is 3.11. The molecule has 90 valence electrons. The highest BCUT2D eigenvalue weighted by Gasteiger charge is 2.16. The fourth-order valence-electron chi connectivity index (χ4n) is 1.80. The first kappa shape index (κ1) is 12.2. The molecule has 0 aliphatic carbocycles. The normalized spacial score (nSPS) is 12.6. The first-order valence-electron chi connectivity index (χ1n) is 5.85. The van der Waals surface area contributed by atoms with Crippen LogP contribution in [0.15, 0.2) is 46.9 Å². The van der Waals surface area contributed by atoms with Crippen molar-refractivity contribution in [3.8, 4) is 0 Å². The van der Waals surface area contributed by atoms with Gasteiger partial charge in [-0.05, 0) is 42.3 Å². The van der Waals surface area contributed by atoms with Gasteiger partial charge in [0.2, 0.25) is 0 Å². The average molecular weight is 250 g/mol. The highest BCUT2D eigenvalue weighted by atomic mass is 35.5. The molecule has 0 fully saturated rings. The summed E-state index contributed by atoms with van der Waals surface area (Å²) in [4.78, 5) is 0. The number of hydrogen-bond acceptors (Lipinski definition) is 2. The minimum atomic E-state index is 0.0728. The van der Waals surface area contributed by atoms with E-state index in [2.05, 4.69) is 24.4 Å². The summed E-state index contributed by atoms with van der Waals surface area (Å²) in [5, 5.41) is 3.89.